The molecule has 0 aromatic heterocycles. The smallest absolute Gasteiger partial charge is 0.391 e. The summed E-state index contributed by atoms with van der Waals surface area (Å²) >= 11 is 0. The van der Waals surface area contributed by atoms with E-state index in [0.29, 0.717) is 25.3 Å². The number of halogens is 4. The molecule has 1 aliphatic rings. The summed E-state index contributed by atoms with van der Waals surface area (Å²) in [6.45, 7) is 2.68. The molecule has 0 atom stereocenters. The monoisotopic (exact) mass is 499 g/mol. The number of alkyl halides is 3. The van der Waals surface area contributed by atoms with Crippen molar-refractivity contribution in [3.63, 3.8) is 0 Å². The Bertz CT molecular complexity index is 615. The lowest BCUT2D eigenvalue weighted by Gasteiger charge is -2.31. The summed E-state index contributed by atoms with van der Waals surface area (Å²) in [4.78, 5) is 4.18. The number of rotatable bonds is 5. The van der Waals surface area contributed by atoms with Gasteiger partial charge < -0.3 is 15.4 Å². The standard InChI is InChI=1S/C19H28F3N3O.HI/c1-13-4-5-14(12-17(13)26-3)10-11-24-18(23-2)25-16-8-6-15(7-9-16)19(20,21)22;/h4-5,12,15-16H,6-11H2,1-3H3,(H2,23,24,25);1H. The average Bonchev–Trinajstić information content (AvgIpc) is 2.61. The van der Waals surface area contributed by atoms with Gasteiger partial charge in [0.15, 0.2) is 5.96 Å². The number of aliphatic imine (C=N–C) groups is 1. The number of methoxy groups -OCH3 is 1. The summed E-state index contributed by atoms with van der Waals surface area (Å²) in [6.07, 6.45) is -1.87. The molecule has 0 bridgehead atoms. The summed E-state index contributed by atoms with van der Waals surface area (Å²) < 4.78 is 43.5. The molecule has 27 heavy (non-hydrogen) atoms. The normalized spacial score (nSPS) is 20.6. The molecule has 0 saturated heterocycles. The number of hydrogen-bond donors (Lipinski definition) is 2. The van der Waals surface area contributed by atoms with Gasteiger partial charge in [-0.3, -0.25) is 4.99 Å². The summed E-state index contributed by atoms with van der Waals surface area (Å²) in [7, 11) is 3.33. The third-order valence-corrected chi connectivity index (χ3v) is 4.93. The Labute approximate surface area is 176 Å². The molecule has 0 spiro atoms. The number of guanidine groups is 1. The van der Waals surface area contributed by atoms with Crippen molar-refractivity contribution in [3.05, 3.63) is 29.3 Å². The van der Waals surface area contributed by atoms with Gasteiger partial charge in [0.25, 0.3) is 0 Å². The number of ether oxygens (including phenoxy) is 1. The third-order valence-electron chi connectivity index (χ3n) is 4.93. The van der Waals surface area contributed by atoms with Crippen molar-refractivity contribution in [2.24, 2.45) is 10.9 Å². The van der Waals surface area contributed by atoms with Crippen LogP contribution in [0.25, 0.3) is 0 Å². The molecule has 1 saturated carbocycles. The fourth-order valence-electron chi connectivity index (χ4n) is 3.30. The minimum atomic E-state index is -4.07. The van der Waals surface area contributed by atoms with Gasteiger partial charge in [-0.25, -0.2) is 0 Å². The van der Waals surface area contributed by atoms with Crippen molar-refractivity contribution in [1.29, 1.82) is 0 Å². The number of nitrogens with zero attached hydrogens (tertiary/aromatic N) is 1. The van der Waals surface area contributed by atoms with Crippen LogP contribution in [0.1, 0.15) is 36.8 Å². The molecule has 154 valence electrons. The van der Waals surface area contributed by atoms with E-state index in [1.54, 1.807) is 14.2 Å². The highest BCUT2D eigenvalue weighted by molar-refractivity contribution is 14.0. The SMILES string of the molecule is CN=C(NCCc1ccc(C)c(OC)c1)NC1CCC(C(F)(F)F)CC1.I. The molecule has 0 heterocycles. The Morgan fingerprint density at radius 3 is 2.44 bits per heavy atom. The third kappa shape index (κ3) is 7.38. The molecule has 1 aromatic carbocycles. The van der Waals surface area contributed by atoms with Crippen molar-refractivity contribution in [3.8, 4) is 5.75 Å². The first kappa shape index (κ1) is 23.8. The highest BCUT2D eigenvalue weighted by Gasteiger charge is 2.41. The highest BCUT2D eigenvalue weighted by Crippen LogP contribution is 2.37. The average molecular weight is 499 g/mol. The summed E-state index contributed by atoms with van der Waals surface area (Å²) in [6, 6.07) is 6.15. The Hall–Kier alpha value is -1.19. The van der Waals surface area contributed by atoms with Crippen LogP contribution in [-0.2, 0) is 6.42 Å². The van der Waals surface area contributed by atoms with Crippen molar-refractivity contribution >= 4 is 29.9 Å². The fraction of sp³-hybridized carbons (Fsp3) is 0.632. The summed E-state index contributed by atoms with van der Waals surface area (Å²) in [5, 5.41) is 6.48. The van der Waals surface area contributed by atoms with E-state index in [1.807, 2.05) is 19.1 Å². The summed E-state index contributed by atoms with van der Waals surface area (Å²) in [5.74, 6) is 0.345. The molecule has 0 unspecified atom stereocenters. The predicted octanol–water partition coefficient (Wildman–Crippen LogP) is 4.45. The van der Waals surface area contributed by atoms with Crippen LogP contribution in [0, 0.1) is 12.8 Å². The Morgan fingerprint density at radius 1 is 1.22 bits per heavy atom. The van der Waals surface area contributed by atoms with Crippen LogP contribution in [0.4, 0.5) is 13.2 Å². The van der Waals surface area contributed by atoms with E-state index >= 15 is 0 Å². The second-order valence-corrected chi connectivity index (χ2v) is 6.79. The quantitative estimate of drug-likeness (QED) is 0.358. The van der Waals surface area contributed by atoms with Gasteiger partial charge in [0.1, 0.15) is 5.75 Å². The maximum absolute atomic E-state index is 12.7. The predicted molar refractivity (Wildman–Crippen MR) is 113 cm³/mol. The molecular weight excluding hydrogens is 470 g/mol. The largest absolute Gasteiger partial charge is 0.496 e. The van der Waals surface area contributed by atoms with E-state index in [9.17, 15) is 13.2 Å². The van der Waals surface area contributed by atoms with Crippen LogP contribution in [0.15, 0.2) is 23.2 Å². The van der Waals surface area contributed by atoms with Crippen molar-refractivity contribution in [2.75, 3.05) is 20.7 Å². The molecule has 0 aliphatic heterocycles. The van der Waals surface area contributed by atoms with Crippen molar-refractivity contribution in [1.82, 2.24) is 10.6 Å². The molecule has 1 aliphatic carbocycles. The van der Waals surface area contributed by atoms with E-state index in [1.165, 1.54) is 0 Å². The molecule has 2 N–H and O–H groups in total. The molecule has 0 radical (unpaired) electrons. The topological polar surface area (TPSA) is 45.7 Å². The minimum absolute atomic E-state index is 0. The second-order valence-electron chi connectivity index (χ2n) is 6.79. The van der Waals surface area contributed by atoms with Crippen LogP contribution < -0.4 is 15.4 Å². The lowest BCUT2D eigenvalue weighted by molar-refractivity contribution is -0.182. The van der Waals surface area contributed by atoms with Crippen LogP contribution in [0.3, 0.4) is 0 Å². The van der Waals surface area contributed by atoms with Gasteiger partial charge in [0.2, 0.25) is 0 Å². The van der Waals surface area contributed by atoms with Gasteiger partial charge in [-0.1, -0.05) is 12.1 Å². The fourth-order valence-corrected chi connectivity index (χ4v) is 3.30. The second kappa shape index (κ2) is 11.0. The first-order valence-corrected chi connectivity index (χ1v) is 9.01. The molecule has 1 aromatic rings. The van der Waals surface area contributed by atoms with Crippen LogP contribution >= 0.6 is 24.0 Å². The van der Waals surface area contributed by atoms with Crippen LogP contribution in [0.2, 0.25) is 0 Å². The Kier molecular flexibility index (Phi) is 9.69. The Balaban J connectivity index is 0.00000364. The molecule has 4 nitrogen and oxygen atoms in total. The molecule has 0 amide bonds. The minimum Gasteiger partial charge on any atom is -0.496 e. The molecule has 1 fully saturated rings. The van der Waals surface area contributed by atoms with E-state index in [4.69, 9.17) is 4.74 Å². The van der Waals surface area contributed by atoms with E-state index < -0.39 is 12.1 Å². The van der Waals surface area contributed by atoms with Crippen molar-refractivity contribution in [2.45, 2.75) is 51.2 Å². The van der Waals surface area contributed by atoms with Crippen molar-refractivity contribution < 1.29 is 17.9 Å². The summed E-state index contributed by atoms with van der Waals surface area (Å²) in [5.41, 5.74) is 2.25. The zero-order valence-electron chi connectivity index (χ0n) is 16.0. The number of benzene rings is 1. The van der Waals surface area contributed by atoms with Gasteiger partial charge in [0.05, 0.1) is 13.0 Å². The molecular formula is C19H29F3IN3O. The van der Waals surface area contributed by atoms with Gasteiger partial charge in [-0.05, 0) is 56.2 Å². The molecule has 8 heteroatoms. The number of nitrogens with one attached hydrogen (secondary N) is 2. The zero-order valence-corrected chi connectivity index (χ0v) is 18.4. The number of aryl methyl sites for hydroxylation is 1. The van der Waals surface area contributed by atoms with E-state index in [2.05, 4.69) is 21.7 Å². The van der Waals surface area contributed by atoms with E-state index in [-0.39, 0.29) is 42.9 Å². The van der Waals surface area contributed by atoms with E-state index in [0.717, 1.165) is 23.3 Å². The lowest BCUT2D eigenvalue weighted by atomic mass is 9.85. The number of hydrogen-bond acceptors (Lipinski definition) is 2. The maximum Gasteiger partial charge on any atom is 0.391 e. The van der Waals surface area contributed by atoms with Gasteiger partial charge >= 0.3 is 6.18 Å². The highest BCUT2D eigenvalue weighted by atomic mass is 127. The maximum atomic E-state index is 12.7. The first-order chi connectivity index (χ1) is 12.3. The van der Waals surface area contributed by atoms with Crippen LogP contribution in [-0.4, -0.2) is 38.9 Å². The molecule has 2 rings (SSSR count). The zero-order chi connectivity index (χ0) is 19.2. The van der Waals surface area contributed by atoms with Crippen LogP contribution in [0.5, 0.6) is 5.75 Å². The van der Waals surface area contributed by atoms with Gasteiger partial charge in [-0.15, -0.1) is 24.0 Å². The van der Waals surface area contributed by atoms with Gasteiger partial charge in [-0.2, -0.15) is 13.2 Å². The van der Waals surface area contributed by atoms with Gasteiger partial charge in [0, 0.05) is 19.6 Å². The first-order valence-electron chi connectivity index (χ1n) is 9.01. The Morgan fingerprint density at radius 2 is 1.89 bits per heavy atom. The lowest BCUT2D eigenvalue weighted by Crippen LogP contribution is -2.46.